The first-order valence-corrected chi connectivity index (χ1v) is 11.4. The van der Waals surface area contributed by atoms with Crippen LogP contribution < -0.4 is 5.32 Å². The standard InChI is InChI=1S/C26H31N5O2/c1-19(2)29-25(33)26(9-13-30(17-26)24(32)20(3)31-14-12-28-18-31)16-21-5-4-6-23(15-21)22-7-10-27-11-8-22/h4-8,10-12,14-15,18-20H,9,13,16-17H2,1-3H3,(H,29,33)/t20-,26+/m0/s1. The van der Waals surface area contributed by atoms with Crippen molar-refractivity contribution < 1.29 is 9.59 Å². The van der Waals surface area contributed by atoms with E-state index < -0.39 is 5.41 Å². The molecule has 2 amide bonds. The van der Waals surface area contributed by atoms with Gasteiger partial charge in [0.2, 0.25) is 11.8 Å². The second-order valence-corrected chi connectivity index (χ2v) is 9.22. The minimum absolute atomic E-state index is 0.0115. The van der Waals surface area contributed by atoms with Crippen LogP contribution in [0, 0.1) is 5.41 Å². The van der Waals surface area contributed by atoms with Gasteiger partial charge in [-0.3, -0.25) is 14.6 Å². The summed E-state index contributed by atoms with van der Waals surface area (Å²) in [6, 6.07) is 11.9. The van der Waals surface area contributed by atoms with Crippen LogP contribution in [0.4, 0.5) is 0 Å². The normalized spacial score (nSPS) is 19.0. The van der Waals surface area contributed by atoms with E-state index in [1.54, 1.807) is 35.7 Å². The summed E-state index contributed by atoms with van der Waals surface area (Å²) in [5, 5.41) is 3.11. The van der Waals surface area contributed by atoms with Gasteiger partial charge in [0, 0.05) is 43.9 Å². The zero-order valence-corrected chi connectivity index (χ0v) is 19.4. The zero-order valence-electron chi connectivity index (χ0n) is 19.4. The molecule has 0 unspecified atom stereocenters. The molecule has 1 aromatic carbocycles. The van der Waals surface area contributed by atoms with Gasteiger partial charge >= 0.3 is 0 Å². The van der Waals surface area contributed by atoms with Crippen molar-refractivity contribution in [2.75, 3.05) is 13.1 Å². The van der Waals surface area contributed by atoms with E-state index in [4.69, 9.17) is 0 Å². The number of carbonyl (C=O) groups excluding carboxylic acids is 2. The molecule has 0 spiro atoms. The highest BCUT2D eigenvalue weighted by atomic mass is 16.2. The van der Waals surface area contributed by atoms with Crippen molar-refractivity contribution in [3.05, 3.63) is 73.1 Å². The van der Waals surface area contributed by atoms with Crippen molar-refractivity contribution in [3.63, 3.8) is 0 Å². The molecule has 33 heavy (non-hydrogen) atoms. The number of aromatic nitrogens is 3. The van der Waals surface area contributed by atoms with Gasteiger partial charge in [0.15, 0.2) is 0 Å². The molecule has 1 saturated heterocycles. The molecule has 7 heteroatoms. The highest BCUT2D eigenvalue weighted by Gasteiger charge is 2.46. The monoisotopic (exact) mass is 445 g/mol. The second kappa shape index (κ2) is 9.57. The molecule has 2 aromatic heterocycles. The highest BCUT2D eigenvalue weighted by molar-refractivity contribution is 5.87. The van der Waals surface area contributed by atoms with Gasteiger partial charge in [0.25, 0.3) is 0 Å². The van der Waals surface area contributed by atoms with Crippen molar-refractivity contribution in [3.8, 4) is 11.1 Å². The van der Waals surface area contributed by atoms with E-state index in [1.165, 1.54) is 0 Å². The summed E-state index contributed by atoms with van der Waals surface area (Å²) >= 11 is 0. The lowest BCUT2D eigenvalue weighted by Crippen LogP contribution is -2.47. The Morgan fingerprint density at radius 3 is 2.55 bits per heavy atom. The molecule has 4 rings (SSSR count). The van der Waals surface area contributed by atoms with Gasteiger partial charge in [0.1, 0.15) is 6.04 Å². The lowest BCUT2D eigenvalue weighted by molar-refractivity contribution is -0.135. The number of hydrogen-bond donors (Lipinski definition) is 1. The van der Waals surface area contributed by atoms with E-state index in [2.05, 4.69) is 33.5 Å². The first kappa shape index (κ1) is 22.7. The Hall–Kier alpha value is -3.48. The van der Waals surface area contributed by atoms with Crippen LogP contribution in [0.5, 0.6) is 0 Å². The van der Waals surface area contributed by atoms with Crippen LogP contribution >= 0.6 is 0 Å². The highest BCUT2D eigenvalue weighted by Crippen LogP contribution is 2.36. The molecule has 1 aliphatic rings. The lowest BCUT2D eigenvalue weighted by atomic mass is 9.79. The van der Waals surface area contributed by atoms with Crippen molar-refractivity contribution in [2.45, 2.75) is 45.7 Å². The number of hydrogen-bond acceptors (Lipinski definition) is 4. The number of likely N-dealkylation sites (tertiary alicyclic amines) is 1. The molecule has 3 aromatic rings. The van der Waals surface area contributed by atoms with Gasteiger partial charge in [-0.2, -0.15) is 0 Å². The molecular weight excluding hydrogens is 414 g/mol. The van der Waals surface area contributed by atoms with Crippen LogP contribution in [0.15, 0.2) is 67.5 Å². The largest absolute Gasteiger partial charge is 0.353 e. The topological polar surface area (TPSA) is 80.1 Å². The van der Waals surface area contributed by atoms with Gasteiger partial charge in [0.05, 0.1) is 11.7 Å². The van der Waals surface area contributed by atoms with Crippen LogP contribution in [0.3, 0.4) is 0 Å². The second-order valence-electron chi connectivity index (χ2n) is 9.22. The molecule has 0 bridgehead atoms. The maximum atomic E-state index is 13.4. The molecule has 3 heterocycles. The summed E-state index contributed by atoms with van der Waals surface area (Å²) in [5.41, 5.74) is 2.60. The molecule has 0 saturated carbocycles. The molecule has 172 valence electrons. The van der Waals surface area contributed by atoms with Crippen molar-refractivity contribution in [1.82, 2.24) is 24.8 Å². The Balaban J connectivity index is 1.58. The van der Waals surface area contributed by atoms with Crippen LogP contribution in [0.1, 0.15) is 38.8 Å². The zero-order chi connectivity index (χ0) is 23.4. The SMILES string of the molecule is CC(C)NC(=O)[C@@]1(Cc2cccc(-c3ccncc3)c2)CCN(C(=O)[C@H](C)n2ccnc2)C1. The number of rotatable bonds is 7. The Morgan fingerprint density at radius 1 is 1.06 bits per heavy atom. The predicted octanol–water partition coefficient (Wildman–Crippen LogP) is 3.49. The Kier molecular flexibility index (Phi) is 6.58. The molecule has 7 nitrogen and oxygen atoms in total. The summed E-state index contributed by atoms with van der Waals surface area (Å²) in [5.74, 6) is 0.0233. The van der Waals surface area contributed by atoms with Gasteiger partial charge in [-0.25, -0.2) is 4.98 Å². The summed E-state index contributed by atoms with van der Waals surface area (Å²) < 4.78 is 1.80. The molecule has 0 radical (unpaired) electrons. The smallest absolute Gasteiger partial charge is 0.245 e. The van der Waals surface area contributed by atoms with Crippen molar-refractivity contribution in [2.24, 2.45) is 5.41 Å². The maximum Gasteiger partial charge on any atom is 0.245 e. The average molecular weight is 446 g/mol. The maximum absolute atomic E-state index is 13.4. The van der Waals surface area contributed by atoms with E-state index >= 15 is 0 Å². The van der Waals surface area contributed by atoms with E-state index in [-0.39, 0.29) is 23.9 Å². The number of imidazole rings is 1. The number of pyridine rings is 1. The number of carbonyl (C=O) groups is 2. The number of benzene rings is 1. The van der Waals surface area contributed by atoms with E-state index in [0.29, 0.717) is 25.9 Å². The minimum Gasteiger partial charge on any atom is -0.353 e. The van der Waals surface area contributed by atoms with Crippen LogP contribution in [-0.4, -0.2) is 50.4 Å². The Morgan fingerprint density at radius 2 is 1.85 bits per heavy atom. The van der Waals surface area contributed by atoms with E-state index in [9.17, 15) is 9.59 Å². The molecule has 1 fully saturated rings. The fraction of sp³-hybridized carbons (Fsp3) is 0.385. The van der Waals surface area contributed by atoms with Gasteiger partial charge in [-0.1, -0.05) is 24.3 Å². The van der Waals surface area contributed by atoms with E-state index in [1.807, 2.05) is 43.9 Å². The Labute approximate surface area is 194 Å². The molecule has 1 N–H and O–H groups in total. The van der Waals surface area contributed by atoms with Crippen molar-refractivity contribution in [1.29, 1.82) is 0 Å². The van der Waals surface area contributed by atoms with Crippen LogP contribution in [0.25, 0.3) is 11.1 Å². The third-order valence-electron chi connectivity index (χ3n) is 6.38. The number of amides is 2. The summed E-state index contributed by atoms with van der Waals surface area (Å²) in [6.07, 6.45) is 9.89. The summed E-state index contributed by atoms with van der Waals surface area (Å²) in [4.78, 5) is 36.6. The molecule has 1 aliphatic heterocycles. The number of nitrogens with zero attached hydrogens (tertiary/aromatic N) is 4. The quantitative estimate of drug-likeness (QED) is 0.604. The fourth-order valence-corrected chi connectivity index (χ4v) is 4.57. The third kappa shape index (κ3) is 4.97. The van der Waals surface area contributed by atoms with Gasteiger partial charge in [-0.05, 0) is 62.4 Å². The predicted molar refractivity (Wildman–Crippen MR) is 127 cm³/mol. The first-order chi connectivity index (χ1) is 15.9. The van der Waals surface area contributed by atoms with Gasteiger partial charge < -0.3 is 14.8 Å². The molecule has 0 aliphatic carbocycles. The fourth-order valence-electron chi connectivity index (χ4n) is 4.57. The molecular formula is C26H31N5O2. The van der Waals surface area contributed by atoms with E-state index in [0.717, 1.165) is 16.7 Å². The van der Waals surface area contributed by atoms with Crippen molar-refractivity contribution >= 4 is 11.8 Å². The third-order valence-corrected chi connectivity index (χ3v) is 6.38. The average Bonchev–Trinajstić information content (AvgIpc) is 3.50. The number of nitrogens with one attached hydrogen (secondary N) is 1. The first-order valence-electron chi connectivity index (χ1n) is 11.4. The van der Waals surface area contributed by atoms with Crippen LogP contribution in [-0.2, 0) is 16.0 Å². The molecule has 2 atom stereocenters. The minimum atomic E-state index is -0.661. The van der Waals surface area contributed by atoms with Crippen LogP contribution in [0.2, 0.25) is 0 Å². The lowest BCUT2D eigenvalue weighted by Gasteiger charge is -2.30. The van der Waals surface area contributed by atoms with Gasteiger partial charge in [-0.15, -0.1) is 0 Å². The summed E-state index contributed by atoms with van der Waals surface area (Å²) in [6.45, 7) is 6.77. The summed E-state index contributed by atoms with van der Waals surface area (Å²) in [7, 11) is 0. The Bertz CT molecular complexity index is 1100.